The number of likely N-dealkylation sites (N-methyl/N-ethyl adjacent to an activating group) is 1. The second-order valence-electron chi connectivity index (χ2n) is 5.00. The van der Waals surface area contributed by atoms with Crippen LogP contribution in [0.25, 0.3) is 0 Å². The number of nitrogens with zero attached hydrogens (tertiary/aromatic N) is 1. The van der Waals surface area contributed by atoms with E-state index in [0.717, 1.165) is 19.3 Å². The number of hydrogen-bond acceptors (Lipinski definition) is 4. The molecule has 0 atom stereocenters. The molecule has 0 bridgehead atoms. The van der Waals surface area contributed by atoms with Gasteiger partial charge in [-0.2, -0.15) is 0 Å². The Morgan fingerprint density at radius 1 is 1.29 bits per heavy atom. The summed E-state index contributed by atoms with van der Waals surface area (Å²) in [5.41, 5.74) is 4.53. The quantitative estimate of drug-likeness (QED) is 0.647. The smallest absolute Gasteiger partial charge is 0.213 e. The van der Waals surface area contributed by atoms with Crippen LogP contribution in [0.4, 0.5) is 0 Å². The van der Waals surface area contributed by atoms with Crippen LogP contribution in [0.1, 0.15) is 38.5 Å². The van der Waals surface area contributed by atoms with Crippen molar-refractivity contribution in [2.75, 3.05) is 25.9 Å². The predicted molar refractivity (Wildman–Crippen MR) is 68.1 cm³/mol. The Hall–Kier alpha value is -0.170. The van der Waals surface area contributed by atoms with Crippen molar-refractivity contribution < 1.29 is 13.5 Å². The normalized spacial score (nSPS) is 20.0. The zero-order valence-electron chi connectivity index (χ0n) is 10.6. The topological polar surface area (TPSA) is 83.6 Å². The Morgan fingerprint density at radius 3 is 2.41 bits per heavy atom. The number of unbranched alkanes of at least 4 members (excludes halogenated alkanes) is 1. The zero-order chi connectivity index (χ0) is 12.9. The van der Waals surface area contributed by atoms with Gasteiger partial charge in [0.25, 0.3) is 0 Å². The average molecular weight is 264 g/mol. The first-order valence-electron chi connectivity index (χ1n) is 6.26. The fourth-order valence-electron chi connectivity index (χ4n) is 2.29. The van der Waals surface area contributed by atoms with Crippen molar-refractivity contribution in [3.8, 4) is 0 Å². The van der Waals surface area contributed by atoms with E-state index < -0.39 is 15.6 Å². The van der Waals surface area contributed by atoms with Crippen LogP contribution in [0.15, 0.2) is 0 Å². The molecule has 1 saturated carbocycles. The molecule has 0 aromatic rings. The molecule has 0 aromatic heterocycles. The molecule has 1 rings (SSSR count). The lowest BCUT2D eigenvalue weighted by Gasteiger charge is -2.28. The van der Waals surface area contributed by atoms with Gasteiger partial charge in [0.2, 0.25) is 10.0 Å². The first-order valence-corrected chi connectivity index (χ1v) is 7.87. The molecular formula is C11H24N2O3S. The maximum Gasteiger partial charge on any atom is 0.213 e. The summed E-state index contributed by atoms with van der Waals surface area (Å²) >= 11 is 0. The van der Waals surface area contributed by atoms with Crippen molar-refractivity contribution in [3.05, 3.63) is 0 Å². The van der Waals surface area contributed by atoms with Gasteiger partial charge in [0, 0.05) is 13.6 Å². The van der Waals surface area contributed by atoms with Crippen LogP contribution in [-0.2, 0) is 10.0 Å². The maximum absolute atomic E-state index is 11.9. The summed E-state index contributed by atoms with van der Waals surface area (Å²) in [5, 5.41) is 10.2. The molecule has 5 nitrogen and oxygen atoms in total. The summed E-state index contributed by atoms with van der Waals surface area (Å²) in [4.78, 5) is 0. The summed E-state index contributed by atoms with van der Waals surface area (Å²) in [6.07, 6.45) is 4.68. The van der Waals surface area contributed by atoms with Crippen LogP contribution >= 0.6 is 0 Å². The highest BCUT2D eigenvalue weighted by molar-refractivity contribution is 7.89. The van der Waals surface area contributed by atoms with E-state index in [9.17, 15) is 13.5 Å². The van der Waals surface area contributed by atoms with E-state index in [-0.39, 0.29) is 12.3 Å². The van der Waals surface area contributed by atoms with Gasteiger partial charge in [-0.1, -0.05) is 12.8 Å². The van der Waals surface area contributed by atoms with Crippen molar-refractivity contribution in [1.82, 2.24) is 4.31 Å². The standard InChI is InChI=1S/C11H24N2O3S/c1-13(10-11(14)6-2-3-7-11)17(15,16)9-5-4-8-12/h14H,2-10,12H2,1H3. The summed E-state index contributed by atoms with van der Waals surface area (Å²) in [6.45, 7) is 0.737. The molecule has 0 heterocycles. The van der Waals surface area contributed by atoms with Gasteiger partial charge in [0.05, 0.1) is 11.4 Å². The molecule has 102 valence electrons. The van der Waals surface area contributed by atoms with E-state index in [1.54, 1.807) is 7.05 Å². The number of sulfonamides is 1. The summed E-state index contributed by atoms with van der Waals surface area (Å²) in [7, 11) is -1.69. The van der Waals surface area contributed by atoms with Gasteiger partial charge in [-0.25, -0.2) is 12.7 Å². The Balaban J connectivity index is 2.47. The van der Waals surface area contributed by atoms with E-state index in [2.05, 4.69) is 0 Å². The lowest BCUT2D eigenvalue weighted by Crippen LogP contribution is -2.42. The van der Waals surface area contributed by atoms with Gasteiger partial charge in [-0.05, 0) is 32.2 Å². The highest BCUT2D eigenvalue weighted by Gasteiger charge is 2.34. The average Bonchev–Trinajstić information content (AvgIpc) is 2.65. The number of hydrogen-bond donors (Lipinski definition) is 2. The fraction of sp³-hybridized carbons (Fsp3) is 1.00. The molecule has 1 aliphatic rings. The third kappa shape index (κ3) is 4.54. The highest BCUT2D eigenvalue weighted by atomic mass is 32.2. The summed E-state index contributed by atoms with van der Waals surface area (Å²) in [5.74, 6) is 0.122. The Bertz CT molecular complexity index is 324. The molecule has 0 aliphatic heterocycles. The van der Waals surface area contributed by atoms with Gasteiger partial charge in [0.1, 0.15) is 0 Å². The Labute approximate surface area is 104 Å². The second kappa shape index (κ2) is 6.13. The number of rotatable bonds is 7. The number of aliphatic hydroxyl groups is 1. The SMILES string of the molecule is CN(CC1(O)CCCC1)S(=O)(=O)CCCCN. The van der Waals surface area contributed by atoms with Crippen LogP contribution in [0, 0.1) is 0 Å². The predicted octanol–water partition coefficient (Wildman–Crippen LogP) is 0.292. The minimum atomic E-state index is -3.24. The molecule has 6 heteroatoms. The minimum Gasteiger partial charge on any atom is -0.389 e. The van der Waals surface area contributed by atoms with E-state index in [1.165, 1.54) is 4.31 Å². The number of nitrogens with two attached hydrogens (primary N) is 1. The van der Waals surface area contributed by atoms with E-state index in [1.807, 2.05) is 0 Å². The molecule has 0 spiro atoms. The van der Waals surface area contributed by atoms with Crippen molar-refractivity contribution in [1.29, 1.82) is 0 Å². The molecule has 1 aliphatic carbocycles. The van der Waals surface area contributed by atoms with Gasteiger partial charge >= 0.3 is 0 Å². The van der Waals surface area contributed by atoms with E-state index in [4.69, 9.17) is 5.73 Å². The molecule has 17 heavy (non-hydrogen) atoms. The molecule has 3 N–H and O–H groups in total. The minimum absolute atomic E-state index is 0.122. The van der Waals surface area contributed by atoms with E-state index in [0.29, 0.717) is 25.8 Å². The molecule has 1 fully saturated rings. The van der Waals surface area contributed by atoms with Crippen LogP contribution < -0.4 is 5.73 Å². The largest absolute Gasteiger partial charge is 0.389 e. The van der Waals surface area contributed by atoms with Gasteiger partial charge < -0.3 is 10.8 Å². The molecule has 0 amide bonds. The van der Waals surface area contributed by atoms with Gasteiger partial charge in [-0.15, -0.1) is 0 Å². The molecule has 0 unspecified atom stereocenters. The summed E-state index contributed by atoms with van der Waals surface area (Å²) < 4.78 is 25.1. The zero-order valence-corrected chi connectivity index (χ0v) is 11.4. The van der Waals surface area contributed by atoms with Gasteiger partial charge in [0.15, 0.2) is 0 Å². The third-order valence-corrected chi connectivity index (χ3v) is 5.27. The monoisotopic (exact) mass is 264 g/mol. The lowest BCUT2D eigenvalue weighted by molar-refractivity contribution is 0.0333. The third-order valence-electron chi connectivity index (χ3n) is 3.38. The Morgan fingerprint density at radius 2 is 1.88 bits per heavy atom. The molecule has 0 radical (unpaired) electrons. The van der Waals surface area contributed by atoms with Crippen LogP contribution in [0.2, 0.25) is 0 Å². The lowest BCUT2D eigenvalue weighted by atomic mass is 10.0. The Kier molecular flexibility index (Phi) is 5.37. The second-order valence-corrected chi connectivity index (χ2v) is 7.19. The van der Waals surface area contributed by atoms with Gasteiger partial charge in [-0.3, -0.25) is 0 Å². The van der Waals surface area contributed by atoms with Crippen LogP contribution in [0.3, 0.4) is 0 Å². The highest BCUT2D eigenvalue weighted by Crippen LogP contribution is 2.30. The van der Waals surface area contributed by atoms with Crippen molar-refractivity contribution >= 4 is 10.0 Å². The molecular weight excluding hydrogens is 240 g/mol. The van der Waals surface area contributed by atoms with E-state index >= 15 is 0 Å². The molecule has 0 saturated heterocycles. The first-order chi connectivity index (χ1) is 7.90. The van der Waals surface area contributed by atoms with Crippen molar-refractivity contribution in [2.45, 2.75) is 44.1 Å². The van der Waals surface area contributed by atoms with Crippen molar-refractivity contribution in [2.24, 2.45) is 5.73 Å². The fourth-order valence-corrected chi connectivity index (χ4v) is 3.61. The first kappa shape index (κ1) is 14.9. The summed E-state index contributed by atoms with van der Waals surface area (Å²) in [6, 6.07) is 0. The van der Waals surface area contributed by atoms with Crippen molar-refractivity contribution in [3.63, 3.8) is 0 Å². The van der Waals surface area contributed by atoms with Crippen LogP contribution in [0.5, 0.6) is 0 Å². The maximum atomic E-state index is 11.9. The molecule has 0 aromatic carbocycles. The van der Waals surface area contributed by atoms with Crippen LogP contribution in [-0.4, -0.2) is 49.3 Å².